The maximum atomic E-state index is 12.5. The van der Waals surface area contributed by atoms with E-state index in [1.54, 1.807) is 0 Å². The lowest BCUT2D eigenvalue weighted by Crippen LogP contribution is -2.44. The van der Waals surface area contributed by atoms with E-state index >= 15 is 0 Å². The van der Waals surface area contributed by atoms with Crippen LogP contribution in [-0.4, -0.2) is 46.4 Å². The zero-order valence-corrected chi connectivity index (χ0v) is 16.4. The Morgan fingerprint density at radius 3 is 2.38 bits per heavy atom. The van der Waals surface area contributed by atoms with Crippen molar-refractivity contribution in [2.24, 2.45) is 5.92 Å². The van der Waals surface area contributed by atoms with Gasteiger partial charge in [0.2, 0.25) is 0 Å². The Bertz CT molecular complexity index is 497. The van der Waals surface area contributed by atoms with Gasteiger partial charge in [-0.05, 0) is 37.8 Å². The summed E-state index contributed by atoms with van der Waals surface area (Å²) in [5.41, 5.74) is 1.61. The SMILES string of the molecule is CC.CC.CC1CN(Cc2cccc(C(=O)N3CCCC3C)n2)C1. The molecule has 2 aliphatic heterocycles. The van der Waals surface area contributed by atoms with E-state index in [0.29, 0.717) is 11.7 Å². The van der Waals surface area contributed by atoms with Crippen molar-refractivity contribution in [1.82, 2.24) is 14.8 Å². The number of hydrogen-bond donors (Lipinski definition) is 0. The van der Waals surface area contributed by atoms with Crippen LogP contribution in [0.3, 0.4) is 0 Å². The molecular formula is C20H35N3O. The first-order chi connectivity index (χ1) is 11.6. The molecule has 2 fully saturated rings. The molecule has 1 aromatic rings. The molecule has 0 bridgehead atoms. The van der Waals surface area contributed by atoms with E-state index in [-0.39, 0.29) is 5.91 Å². The molecule has 1 atom stereocenters. The monoisotopic (exact) mass is 333 g/mol. The Balaban J connectivity index is 0.000000671. The molecule has 0 radical (unpaired) electrons. The number of carbonyl (C=O) groups is 1. The molecule has 4 heteroatoms. The molecule has 3 rings (SSSR count). The van der Waals surface area contributed by atoms with E-state index in [4.69, 9.17) is 0 Å². The van der Waals surface area contributed by atoms with Gasteiger partial charge in [-0.1, -0.05) is 40.7 Å². The summed E-state index contributed by atoms with van der Waals surface area (Å²) in [6.45, 7) is 16.4. The van der Waals surface area contributed by atoms with Gasteiger partial charge in [0.25, 0.3) is 5.91 Å². The van der Waals surface area contributed by atoms with E-state index in [1.165, 1.54) is 0 Å². The summed E-state index contributed by atoms with van der Waals surface area (Å²) in [7, 11) is 0. The Hall–Kier alpha value is -1.42. The van der Waals surface area contributed by atoms with Gasteiger partial charge in [-0.25, -0.2) is 4.98 Å². The normalized spacial score (nSPS) is 20.4. The molecule has 2 saturated heterocycles. The second-order valence-corrected chi connectivity index (χ2v) is 6.30. The standard InChI is InChI=1S/C16H23N3O.2C2H6/c1-12-9-18(10-12)11-14-6-3-7-15(17-14)16(20)19-8-4-5-13(19)2;2*1-2/h3,6-7,12-13H,4-5,8-11H2,1-2H3;2*1-2H3. The molecule has 3 heterocycles. The Morgan fingerprint density at radius 2 is 1.83 bits per heavy atom. The molecule has 0 saturated carbocycles. The number of likely N-dealkylation sites (tertiary alicyclic amines) is 2. The van der Waals surface area contributed by atoms with Gasteiger partial charge in [0, 0.05) is 32.2 Å². The molecule has 4 nitrogen and oxygen atoms in total. The fourth-order valence-corrected chi connectivity index (χ4v) is 3.26. The first kappa shape index (κ1) is 20.6. The van der Waals surface area contributed by atoms with Gasteiger partial charge < -0.3 is 4.90 Å². The van der Waals surface area contributed by atoms with Crippen molar-refractivity contribution < 1.29 is 4.79 Å². The van der Waals surface area contributed by atoms with Crippen LogP contribution in [0.15, 0.2) is 18.2 Å². The topological polar surface area (TPSA) is 36.4 Å². The minimum absolute atomic E-state index is 0.0915. The number of amides is 1. The Labute approximate surface area is 148 Å². The highest BCUT2D eigenvalue weighted by Crippen LogP contribution is 2.20. The summed E-state index contributed by atoms with van der Waals surface area (Å²) in [4.78, 5) is 21.4. The van der Waals surface area contributed by atoms with Crippen LogP contribution in [0.5, 0.6) is 0 Å². The van der Waals surface area contributed by atoms with E-state index in [2.05, 4.69) is 23.7 Å². The highest BCUT2D eigenvalue weighted by atomic mass is 16.2. The maximum Gasteiger partial charge on any atom is 0.272 e. The largest absolute Gasteiger partial charge is 0.335 e. The summed E-state index contributed by atoms with van der Waals surface area (Å²) in [5, 5.41) is 0. The first-order valence-corrected chi connectivity index (χ1v) is 9.63. The van der Waals surface area contributed by atoms with Crippen molar-refractivity contribution in [3.05, 3.63) is 29.6 Å². The van der Waals surface area contributed by atoms with Crippen molar-refractivity contribution in [3.63, 3.8) is 0 Å². The van der Waals surface area contributed by atoms with Crippen molar-refractivity contribution in [2.45, 2.75) is 67.0 Å². The van der Waals surface area contributed by atoms with Crippen LogP contribution < -0.4 is 0 Å². The van der Waals surface area contributed by atoms with E-state index in [0.717, 1.165) is 50.6 Å². The molecule has 24 heavy (non-hydrogen) atoms. The van der Waals surface area contributed by atoms with E-state index < -0.39 is 0 Å². The Kier molecular flexibility index (Phi) is 8.98. The lowest BCUT2D eigenvalue weighted by atomic mass is 10.0. The van der Waals surface area contributed by atoms with Crippen LogP contribution in [0.1, 0.15) is 70.6 Å². The molecule has 0 aliphatic carbocycles. The van der Waals surface area contributed by atoms with Crippen LogP contribution in [0, 0.1) is 5.92 Å². The predicted molar refractivity (Wildman–Crippen MR) is 101 cm³/mol. The highest BCUT2D eigenvalue weighted by molar-refractivity contribution is 5.92. The summed E-state index contributed by atoms with van der Waals surface area (Å²) in [6, 6.07) is 6.17. The lowest BCUT2D eigenvalue weighted by Gasteiger charge is -2.36. The van der Waals surface area contributed by atoms with Gasteiger partial charge in [-0.15, -0.1) is 0 Å². The number of hydrogen-bond acceptors (Lipinski definition) is 3. The van der Waals surface area contributed by atoms with Crippen molar-refractivity contribution in [1.29, 1.82) is 0 Å². The third-order valence-corrected chi connectivity index (χ3v) is 4.37. The average Bonchev–Trinajstić information content (AvgIpc) is 3.03. The van der Waals surface area contributed by atoms with Gasteiger partial charge in [0.05, 0.1) is 5.69 Å². The second-order valence-electron chi connectivity index (χ2n) is 6.30. The van der Waals surface area contributed by atoms with Crippen molar-refractivity contribution >= 4 is 5.91 Å². The number of rotatable bonds is 3. The minimum Gasteiger partial charge on any atom is -0.335 e. The maximum absolute atomic E-state index is 12.5. The third-order valence-electron chi connectivity index (χ3n) is 4.37. The summed E-state index contributed by atoms with van der Waals surface area (Å²) < 4.78 is 0. The molecule has 1 amide bonds. The number of aromatic nitrogens is 1. The molecule has 0 spiro atoms. The Morgan fingerprint density at radius 1 is 1.17 bits per heavy atom. The van der Waals surface area contributed by atoms with Gasteiger partial charge in [0.1, 0.15) is 5.69 Å². The van der Waals surface area contributed by atoms with Crippen molar-refractivity contribution in [2.75, 3.05) is 19.6 Å². The van der Waals surface area contributed by atoms with E-state index in [9.17, 15) is 4.79 Å². The minimum atomic E-state index is 0.0915. The molecule has 0 aromatic carbocycles. The van der Waals surface area contributed by atoms with Gasteiger partial charge in [-0.3, -0.25) is 9.69 Å². The molecule has 1 unspecified atom stereocenters. The summed E-state index contributed by atoms with van der Waals surface area (Å²) >= 11 is 0. The fourth-order valence-electron chi connectivity index (χ4n) is 3.26. The highest BCUT2D eigenvalue weighted by Gasteiger charge is 2.27. The second kappa shape index (κ2) is 10.4. The molecule has 1 aromatic heterocycles. The average molecular weight is 334 g/mol. The van der Waals surface area contributed by atoms with Crippen molar-refractivity contribution in [3.8, 4) is 0 Å². The zero-order chi connectivity index (χ0) is 18.1. The van der Waals surface area contributed by atoms with Crippen LogP contribution in [0.4, 0.5) is 0 Å². The number of carbonyl (C=O) groups excluding carboxylic acids is 1. The first-order valence-electron chi connectivity index (χ1n) is 9.63. The summed E-state index contributed by atoms with van der Waals surface area (Å²) in [6.07, 6.45) is 2.22. The van der Waals surface area contributed by atoms with Crippen LogP contribution in [0.2, 0.25) is 0 Å². The van der Waals surface area contributed by atoms with Crippen LogP contribution in [0.25, 0.3) is 0 Å². The number of pyridine rings is 1. The fraction of sp³-hybridized carbons (Fsp3) is 0.700. The summed E-state index contributed by atoms with van der Waals surface area (Å²) in [5.74, 6) is 0.888. The van der Waals surface area contributed by atoms with Gasteiger partial charge in [-0.2, -0.15) is 0 Å². The third kappa shape index (κ3) is 5.30. The van der Waals surface area contributed by atoms with Crippen LogP contribution in [-0.2, 0) is 6.54 Å². The molecule has 136 valence electrons. The smallest absolute Gasteiger partial charge is 0.272 e. The van der Waals surface area contributed by atoms with Gasteiger partial charge in [0.15, 0.2) is 0 Å². The molecule has 2 aliphatic rings. The lowest BCUT2D eigenvalue weighted by molar-refractivity contribution is 0.0739. The molecule has 0 N–H and O–H groups in total. The van der Waals surface area contributed by atoms with Gasteiger partial charge >= 0.3 is 0 Å². The zero-order valence-electron chi connectivity index (χ0n) is 16.4. The predicted octanol–water partition coefficient (Wildman–Crippen LogP) is 4.21. The van der Waals surface area contributed by atoms with E-state index in [1.807, 2.05) is 50.8 Å². The quantitative estimate of drug-likeness (QED) is 0.831. The molecular weight excluding hydrogens is 298 g/mol. The number of nitrogens with zero attached hydrogens (tertiary/aromatic N) is 3. The van der Waals surface area contributed by atoms with Crippen LogP contribution >= 0.6 is 0 Å².